The summed E-state index contributed by atoms with van der Waals surface area (Å²) in [5.41, 5.74) is 1.39. The molecule has 0 saturated carbocycles. The van der Waals surface area contributed by atoms with E-state index in [1.807, 2.05) is 0 Å². The lowest BCUT2D eigenvalue weighted by molar-refractivity contribution is 0.0958. The molecule has 2 rings (SSSR count). The highest BCUT2D eigenvalue weighted by atomic mass is 32.1. The van der Waals surface area contributed by atoms with Gasteiger partial charge in [0.05, 0.1) is 4.88 Å². The van der Waals surface area contributed by atoms with Gasteiger partial charge in [-0.2, -0.15) is 0 Å². The van der Waals surface area contributed by atoms with E-state index in [4.69, 9.17) is 0 Å². The third-order valence-electron chi connectivity index (χ3n) is 2.81. The van der Waals surface area contributed by atoms with Gasteiger partial charge in [0.2, 0.25) is 0 Å². The highest BCUT2D eigenvalue weighted by molar-refractivity contribution is 7.14. The van der Waals surface area contributed by atoms with Gasteiger partial charge in [-0.25, -0.2) is 0 Å². The van der Waals surface area contributed by atoms with E-state index in [2.05, 4.69) is 23.6 Å². The summed E-state index contributed by atoms with van der Waals surface area (Å²) in [7, 11) is 0. The number of aryl methyl sites for hydroxylation is 2. The molecule has 88 valence electrons. The fourth-order valence-electron chi connectivity index (χ4n) is 1.97. The van der Waals surface area contributed by atoms with Gasteiger partial charge in [-0.05, 0) is 37.4 Å². The van der Waals surface area contributed by atoms with Crippen molar-refractivity contribution in [1.29, 1.82) is 0 Å². The van der Waals surface area contributed by atoms with E-state index in [0.717, 1.165) is 30.8 Å². The Balaban J connectivity index is 1.84. The molecule has 0 atom stereocenters. The Morgan fingerprint density at radius 1 is 1.44 bits per heavy atom. The zero-order chi connectivity index (χ0) is 11.4. The van der Waals surface area contributed by atoms with E-state index in [1.165, 1.54) is 16.9 Å². The van der Waals surface area contributed by atoms with Gasteiger partial charge in [0.1, 0.15) is 0 Å². The Kier molecular flexibility index (Phi) is 3.96. The first-order chi connectivity index (χ1) is 7.81. The number of fused-ring (bicyclic) bond motifs is 1. The summed E-state index contributed by atoms with van der Waals surface area (Å²) in [4.78, 5) is 14.1. The third kappa shape index (κ3) is 2.62. The normalized spacial score (nSPS) is 13.8. The maximum absolute atomic E-state index is 11.8. The van der Waals surface area contributed by atoms with Crippen molar-refractivity contribution in [3.63, 3.8) is 0 Å². The van der Waals surface area contributed by atoms with Crippen molar-refractivity contribution < 1.29 is 4.79 Å². The monoisotopic (exact) mass is 238 g/mol. The van der Waals surface area contributed by atoms with Crippen LogP contribution in [0.2, 0.25) is 0 Å². The number of amides is 1. The zero-order valence-corrected chi connectivity index (χ0v) is 10.5. The lowest BCUT2D eigenvalue weighted by Crippen LogP contribution is -2.31. The van der Waals surface area contributed by atoms with Gasteiger partial charge >= 0.3 is 0 Å². The molecule has 1 aliphatic rings. The third-order valence-corrected chi connectivity index (χ3v) is 4.04. The molecule has 0 fully saturated rings. The van der Waals surface area contributed by atoms with Gasteiger partial charge in [0.25, 0.3) is 5.91 Å². The molecule has 0 unspecified atom stereocenters. The van der Waals surface area contributed by atoms with Crippen LogP contribution in [-0.4, -0.2) is 25.5 Å². The van der Waals surface area contributed by atoms with Gasteiger partial charge in [0.15, 0.2) is 0 Å². The van der Waals surface area contributed by atoms with E-state index in [1.54, 1.807) is 11.3 Å². The fourth-order valence-corrected chi connectivity index (χ4v) is 3.14. The van der Waals surface area contributed by atoms with Gasteiger partial charge < -0.3 is 10.6 Å². The van der Waals surface area contributed by atoms with Crippen molar-refractivity contribution in [2.24, 2.45) is 0 Å². The maximum Gasteiger partial charge on any atom is 0.261 e. The SMILES string of the molecule is CCNCCNC(=O)c1cc2c(s1)CCC2. The molecule has 0 spiro atoms. The topological polar surface area (TPSA) is 41.1 Å². The second kappa shape index (κ2) is 5.46. The van der Waals surface area contributed by atoms with Crippen LogP contribution in [0.1, 0.15) is 33.5 Å². The van der Waals surface area contributed by atoms with Crippen LogP contribution < -0.4 is 10.6 Å². The molecule has 1 amide bonds. The van der Waals surface area contributed by atoms with Crippen LogP contribution in [0.4, 0.5) is 0 Å². The number of thiophene rings is 1. The smallest absolute Gasteiger partial charge is 0.261 e. The number of hydrogen-bond acceptors (Lipinski definition) is 3. The molecule has 1 aliphatic carbocycles. The Bertz CT molecular complexity index is 352. The minimum absolute atomic E-state index is 0.0808. The molecule has 0 aromatic carbocycles. The van der Waals surface area contributed by atoms with Crippen LogP contribution in [0.25, 0.3) is 0 Å². The minimum Gasteiger partial charge on any atom is -0.350 e. The largest absolute Gasteiger partial charge is 0.350 e. The number of nitrogens with one attached hydrogen (secondary N) is 2. The van der Waals surface area contributed by atoms with Crippen LogP contribution in [0.15, 0.2) is 6.07 Å². The van der Waals surface area contributed by atoms with Crippen molar-refractivity contribution >= 4 is 17.2 Å². The number of hydrogen-bond donors (Lipinski definition) is 2. The molecule has 2 N–H and O–H groups in total. The number of rotatable bonds is 5. The van der Waals surface area contributed by atoms with Crippen molar-refractivity contribution in [1.82, 2.24) is 10.6 Å². The minimum atomic E-state index is 0.0808. The second-order valence-corrected chi connectivity index (χ2v) is 5.16. The summed E-state index contributed by atoms with van der Waals surface area (Å²) in [5.74, 6) is 0.0808. The Labute approximate surface area is 100 Å². The summed E-state index contributed by atoms with van der Waals surface area (Å²) >= 11 is 1.66. The second-order valence-electron chi connectivity index (χ2n) is 4.02. The van der Waals surface area contributed by atoms with Crippen molar-refractivity contribution in [3.05, 3.63) is 21.4 Å². The van der Waals surface area contributed by atoms with Crippen LogP contribution in [0.5, 0.6) is 0 Å². The molecular weight excluding hydrogens is 220 g/mol. The molecule has 0 saturated heterocycles. The highest BCUT2D eigenvalue weighted by Crippen LogP contribution is 2.30. The lowest BCUT2D eigenvalue weighted by atomic mass is 10.2. The summed E-state index contributed by atoms with van der Waals surface area (Å²) < 4.78 is 0. The van der Waals surface area contributed by atoms with Crippen LogP contribution in [0, 0.1) is 0 Å². The first-order valence-electron chi connectivity index (χ1n) is 5.91. The van der Waals surface area contributed by atoms with E-state index in [-0.39, 0.29) is 5.91 Å². The molecule has 0 aliphatic heterocycles. The maximum atomic E-state index is 11.8. The van der Waals surface area contributed by atoms with Gasteiger partial charge in [-0.3, -0.25) is 4.79 Å². The molecule has 16 heavy (non-hydrogen) atoms. The Hall–Kier alpha value is -0.870. The van der Waals surface area contributed by atoms with Crippen LogP contribution in [-0.2, 0) is 12.8 Å². The van der Waals surface area contributed by atoms with Gasteiger partial charge in [-0.15, -0.1) is 11.3 Å². The number of likely N-dealkylation sites (N-methyl/N-ethyl adjacent to an activating group) is 1. The summed E-state index contributed by atoms with van der Waals surface area (Å²) in [6, 6.07) is 2.07. The summed E-state index contributed by atoms with van der Waals surface area (Å²) in [6.45, 7) is 4.55. The highest BCUT2D eigenvalue weighted by Gasteiger charge is 2.17. The molecule has 0 radical (unpaired) electrons. The Morgan fingerprint density at radius 3 is 3.06 bits per heavy atom. The van der Waals surface area contributed by atoms with E-state index in [0.29, 0.717) is 6.54 Å². The predicted molar refractivity (Wildman–Crippen MR) is 67.2 cm³/mol. The average molecular weight is 238 g/mol. The first kappa shape index (κ1) is 11.6. The molecule has 0 bridgehead atoms. The van der Waals surface area contributed by atoms with Gasteiger partial charge in [-0.1, -0.05) is 6.92 Å². The molecule has 1 aromatic rings. The predicted octanol–water partition coefficient (Wildman–Crippen LogP) is 1.58. The van der Waals surface area contributed by atoms with Crippen LogP contribution >= 0.6 is 11.3 Å². The van der Waals surface area contributed by atoms with E-state index < -0.39 is 0 Å². The van der Waals surface area contributed by atoms with E-state index >= 15 is 0 Å². The summed E-state index contributed by atoms with van der Waals surface area (Å²) in [5, 5.41) is 6.11. The van der Waals surface area contributed by atoms with Crippen molar-refractivity contribution in [3.8, 4) is 0 Å². The van der Waals surface area contributed by atoms with Crippen molar-refractivity contribution in [2.45, 2.75) is 26.2 Å². The number of carbonyl (C=O) groups is 1. The summed E-state index contributed by atoms with van der Waals surface area (Å²) in [6.07, 6.45) is 3.56. The van der Waals surface area contributed by atoms with Crippen molar-refractivity contribution in [2.75, 3.05) is 19.6 Å². The quantitative estimate of drug-likeness (QED) is 0.765. The lowest BCUT2D eigenvalue weighted by Gasteiger charge is -2.03. The van der Waals surface area contributed by atoms with Crippen LogP contribution in [0.3, 0.4) is 0 Å². The van der Waals surface area contributed by atoms with Gasteiger partial charge in [0, 0.05) is 18.0 Å². The first-order valence-corrected chi connectivity index (χ1v) is 6.73. The number of carbonyl (C=O) groups excluding carboxylic acids is 1. The average Bonchev–Trinajstić information content (AvgIpc) is 2.83. The molecule has 3 nitrogen and oxygen atoms in total. The fraction of sp³-hybridized carbons (Fsp3) is 0.583. The Morgan fingerprint density at radius 2 is 2.31 bits per heavy atom. The molecular formula is C12H18N2OS. The molecule has 1 aromatic heterocycles. The molecule has 1 heterocycles. The standard InChI is InChI=1S/C12H18N2OS/c1-2-13-6-7-14-12(15)11-8-9-4-3-5-10(9)16-11/h8,13H,2-7H2,1H3,(H,14,15). The molecule has 4 heteroatoms. The zero-order valence-electron chi connectivity index (χ0n) is 9.64. The van der Waals surface area contributed by atoms with E-state index in [9.17, 15) is 4.79 Å².